The molecular weight excluding hydrogens is 260 g/mol. The van der Waals surface area contributed by atoms with Crippen molar-refractivity contribution in [2.24, 2.45) is 0 Å². The molecule has 2 aromatic rings. The Hall–Kier alpha value is -2.56. The van der Waals surface area contributed by atoms with Gasteiger partial charge in [-0.25, -0.2) is 9.59 Å². The van der Waals surface area contributed by atoms with Crippen LogP contribution < -0.4 is 10.4 Å². The largest absolute Gasteiger partial charge is 0.493 e. The molecule has 1 aromatic carbocycles. The fraction of sp³-hybridized carbons (Fsp3) is 0.200. The van der Waals surface area contributed by atoms with Crippen LogP contribution in [0.15, 0.2) is 39.6 Å². The molecule has 0 aliphatic heterocycles. The fourth-order valence-corrected chi connectivity index (χ4v) is 1.76. The van der Waals surface area contributed by atoms with Crippen molar-refractivity contribution in [3.63, 3.8) is 0 Å². The van der Waals surface area contributed by atoms with E-state index in [9.17, 15) is 9.59 Å². The summed E-state index contributed by atoms with van der Waals surface area (Å²) in [6.07, 6.45) is 2.57. The fourth-order valence-electron chi connectivity index (χ4n) is 1.76. The average molecular weight is 274 g/mol. The van der Waals surface area contributed by atoms with Crippen molar-refractivity contribution in [3.8, 4) is 5.75 Å². The van der Waals surface area contributed by atoms with Crippen LogP contribution in [-0.2, 0) is 9.53 Å². The highest BCUT2D eigenvalue weighted by Gasteiger charge is 2.07. The zero-order valence-electron chi connectivity index (χ0n) is 11.2. The van der Waals surface area contributed by atoms with E-state index in [1.54, 1.807) is 31.2 Å². The Balaban J connectivity index is 2.44. The topological polar surface area (TPSA) is 65.7 Å². The number of carbonyl (C=O) groups excluding carboxylic acids is 1. The normalized spacial score (nSPS) is 10.9. The Labute approximate surface area is 115 Å². The highest BCUT2D eigenvalue weighted by atomic mass is 16.5. The van der Waals surface area contributed by atoms with Crippen LogP contribution in [0.1, 0.15) is 12.5 Å². The Morgan fingerprint density at radius 1 is 1.40 bits per heavy atom. The minimum absolute atomic E-state index is 0.277. The van der Waals surface area contributed by atoms with Gasteiger partial charge >= 0.3 is 11.6 Å². The second-order valence-electron chi connectivity index (χ2n) is 3.95. The third-order valence-electron chi connectivity index (χ3n) is 2.66. The molecule has 5 heteroatoms. The SMILES string of the molecule is CCOC(=O)/C=C/c1cc2cccc(OC)c2oc1=O. The van der Waals surface area contributed by atoms with Gasteiger partial charge in [0, 0.05) is 11.5 Å². The second kappa shape index (κ2) is 6.06. The maximum Gasteiger partial charge on any atom is 0.343 e. The monoisotopic (exact) mass is 274 g/mol. The van der Waals surface area contributed by atoms with Crippen LogP contribution in [-0.4, -0.2) is 19.7 Å². The summed E-state index contributed by atoms with van der Waals surface area (Å²) >= 11 is 0. The molecule has 104 valence electrons. The number of para-hydroxylation sites is 1. The zero-order chi connectivity index (χ0) is 14.5. The third-order valence-corrected chi connectivity index (χ3v) is 2.66. The zero-order valence-corrected chi connectivity index (χ0v) is 11.2. The van der Waals surface area contributed by atoms with Crippen molar-refractivity contribution in [3.05, 3.63) is 46.3 Å². The minimum Gasteiger partial charge on any atom is -0.493 e. The minimum atomic E-state index is -0.539. The lowest BCUT2D eigenvalue weighted by molar-refractivity contribution is -0.137. The van der Waals surface area contributed by atoms with E-state index in [-0.39, 0.29) is 12.2 Å². The van der Waals surface area contributed by atoms with Crippen LogP contribution in [0.5, 0.6) is 5.75 Å². The van der Waals surface area contributed by atoms with Crippen LogP contribution >= 0.6 is 0 Å². The smallest absolute Gasteiger partial charge is 0.343 e. The van der Waals surface area contributed by atoms with E-state index in [4.69, 9.17) is 13.9 Å². The van der Waals surface area contributed by atoms with Gasteiger partial charge in [-0.15, -0.1) is 0 Å². The number of benzene rings is 1. The molecule has 1 heterocycles. The van der Waals surface area contributed by atoms with E-state index < -0.39 is 11.6 Å². The molecule has 1 aromatic heterocycles. The van der Waals surface area contributed by atoms with Gasteiger partial charge in [0.05, 0.1) is 19.3 Å². The molecule has 0 aliphatic carbocycles. The first-order valence-corrected chi connectivity index (χ1v) is 6.11. The second-order valence-corrected chi connectivity index (χ2v) is 3.95. The number of hydrogen-bond donors (Lipinski definition) is 0. The van der Waals surface area contributed by atoms with Crippen LogP contribution in [0.2, 0.25) is 0 Å². The Morgan fingerprint density at radius 3 is 2.90 bits per heavy atom. The van der Waals surface area contributed by atoms with Crippen molar-refractivity contribution in [1.29, 1.82) is 0 Å². The number of carbonyl (C=O) groups is 1. The summed E-state index contributed by atoms with van der Waals surface area (Å²) < 4.78 is 15.1. The molecular formula is C15H14O5. The molecule has 0 saturated heterocycles. The van der Waals surface area contributed by atoms with Gasteiger partial charge in [0.2, 0.25) is 0 Å². The van der Waals surface area contributed by atoms with E-state index in [1.165, 1.54) is 19.3 Å². The van der Waals surface area contributed by atoms with Crippen LogP contribution in [0.3, 0.4) is 0 Å². The Morgan fingerprint density at radius 2 is 2.20 bits per heavy atom. The van der Waals surface area contributed by atoms with Crippen LogP contribution in [0.25, 0.3) is 17.0 Å². The lowest BCUT2D eigenvalue weighted by Gasteiger charge is -2.03. The Kier molecular flexibility index (Phi) is 4.20. The molecule has 20 heavy (non-hydrogen) atoms. The van der Waals surface area contributed by atoms with Crippen LogP contribution in [0, 0.1) is 0 Å². The number of methoxy groups -OCH3 is 1. The van der Waals surface area contributed by atoms with Gasteiger partial charge in [-0.2, -0.15) is 0 Å². The van der Waals surface area contributed by atoms with E-state index in [0.29, 0.717) is 16.7 Å². The predicted molar refractivity (Wildman–Crippen MR) is 74.7 cm³/mol. The van der Waals surface area contributed by atoms with Gasteiger partial charge in [0.15, 0.2) is 11.3 Å². The van der Waals surface area contributed by atoms with E-state index in [0.717, 1.165) is 0 Å². The Bertz CT molecular complexity index is 712. The number of esters is 1. The number of hydrogen-bond acceptors (Lipinski definition) is 5. The van der Waals surface area contributed by atoms with E-state index in [1.807, 2.05) is 0 Å². The van der Waals surface area contributed by atoms with Crippen LogP contribution in [0.4, 0.5) is 0 Å². The lowest BCUT2D eigenvalue weighted by Crippen LogP contribution is -2.04. The molecule has 0 atom stereocenters. The maximum atomic E-state index is 11.8. The molecule has 0 amide bonds. The molecule has 0 spiro atoms. The summed E-state index contributed by atoms with van der Waals surface area (Å²) in [5.41, 5.74) is 0.120. The first-order valence-electron chi connectivity index (χ1n) is 6.11. The number of ether oxygens (including phenoxy) is 2. The summed E-state index contributed by atoms with van der Waals surface area (Å²) in [5, 5.41) is 0.715. The summed E-state index contributed by atoms with van der Waals surface area (Å²) in [4.78, 5) is 23.1. The molecule has 0 saturated carbocycles. The van der Waals surface area contributed by atoms with E-state index in [2.05, 4.69) is 0 Å². The lowest BCUT2D eigenvalue weighted by atomic mass is 10.1. The molecule has 0 unspecified atom stereocenters. The first-order chi connectivity index (χ1) is 9.65. The van der Waals surface area contributed by atoms with Crippen molar-refractivity contribution in [2.45, 2.75) is 6.92 Å². The molecule has 0 N–H and O–H groups in total. The highest BCUT2D eigenvalue weighted by molar-refractivity contribution is 5.89. The van der Waals surface area contributed by atoms with Gasteiger partial charge < -0.3 is 13.9 Å². The van der Waals surface area contributed by atoms with E-state index >= 15 is 0 Å². The van der Waals surface area contributed by atoms with Crippen molar-refractivity contribution < 1.29 is 18.7 Å². The van der Waals surface area contributed by atoms with Gasteiger partial charge in [-0.05, 0) is 25.1 Å². The van der Waals surface area contributed by atoms with Gasteiger partial charge in [-0.1, -0.05) is 12.1 Å². The van der Waals surface area contributed by atoms with Crippen molar-refractivity contribution >= 4 is 23.0 Å². The molecule has 5 nitrogen and oxygen atoms in total. The molecule has 2 rings (SSSR count). The summed E-state index contributed by atoms with van der Waals surface area (Å²) in [6.45, 7) is 2.00. The highest BCUT2D eigenvalue weighted by Crippen LogP contribution is 2.24. The average Bonchev–Trinajstić information content (AvgIpc) is 2.44. The number of fused-ring (bicyclic) bond motifs is 1. The molecule has 0 radical (unpaired) electrons. The van der Waals surface area contributed by atoms with Gasteiger partial charge in [-0.3, -0.25) is 0 Å². The summed E-state index contributed by atoms with van der Waals surface area (Å²) in [6, 6.07) is 6.93. The van der Waals surface area contributed by atoms with Crippen molar-refractivity contribution in [2.75, 3.05) is 13.7 Å². The van der Waals surface area contributed by atoms with Crippen molar-refractivity contribution in [1.82, 2.24) is 0 Å². The van der Waals surface area contributed by atoms with Gasteiger partial charge in [0.1, 0.15) is 0 Å². The molecule has 0 fully saturated rings. The standard InChI is InChI=1S/C15H14O5/c1-3-19-13(16)8-7-11-9-10-5-4-6-12(18-2)14(10)20-15(11)17/h4-9H,3H2,1-2H3/b8-7+. The third kappa shape index (κ3) is 2.88. The van der Waals surface area contributed by atoms with Gasteiger partial charge in [0.25, 0.3) is 0 Å². The predicted octanol–water partition coefficient (Wildman–Crippen LogP) is 2.38. The first kappa shape index (κ1) is 13.9. The summed E-state index contributed by atoms with van der Waals surface area (Å²) in [7, 11) is 1.50. The number of rotatable bonds is 4. The summed E-state index contributed by atoms with van der Waals surface area (Å²) in [5.74, 6) is -0.0156. The maximum absolute atomic E-state index is 11.8. The quantitative estimate of drug-likeness (QED) is 0.486. The molecule has 0 bridgehead atoms. The molecule has 0 aliphatic rings.